The number of carbonyl (C=O) groups excluding carboxylic acids is 1. The highest BCUT2D eigenvalue weighted by Gasteiger charge is 2.34. The molecular weight excluding hydrogens is 500 g/mol. The molecule has 0 atom stereocenters. The van der Waals surface area contributed by atoms with Gasteiger partial charge in [-0.2, -0.15) is 13.2 Å². The maximum atomic E-state index is 13.5. The molecule has 38 heavy (non-hydrogen) atoms. The van der Waals surface area contributed by atoms with Gasteiger partial charge in [-0.1, -0.05) is 36.4 Å². The highest BCUT2D eigenvalue weighted by atomic mass is 19.4. The second-order valence-electron chi connectivity index (χ2n) is 8.86. The molecule has 4 aromatic rings. The lowest BCUT2D eigenvalue weighted by atomic mass is 10.1. The monoisotopic (exact) mass is 524 g/mol. The number of morpholine rings is 1. The quantitative estimate of drug-likeness (QED) is 0.319. The molecule has 10 heteroatoms. The number of H-pyrrole nitrogens is 1. The van der Waals surface area contributed by atoms with Crippen molar-refractivity contribution in [2.45, 2.75) is 12.7 Å². The van der Waals surface area contributed by atoms with E-state index in [-0.39, 0.29) is 12.1 Å². The minimum absolute atomic E-state index is 0.0940. The summed E-state index contributed by atoms with van der Waals surface area (Å²) in [6, 6.07) is 17.7. The number of carbonyl (C=O) groups is 1. The van der Waals surface area contributed by atoms with Crippen LogP contribution in [0, 0.1) is 5.82 Å². The van der Waals surface area contributed by atoms with Crippen LogP contribution in [0.15, 0.2) is 72.9 Å². The Hall–Kier alpha value is -4.18. The Morgan fingerprint density at radius 1 is 0.974 bits per heavy atom. The Balaban J connectivity index is 1.21. The van der Waals surface area contributed by atoms with Gasteiger partial charge in [0.2, 0.25) is 0 Å². The van der Waals surface area contributed by atoms with E-state index < -0.39 is 23.5 Å². The average Bonchev–Trinajstić information content (AvgIpc) is 3.43. The molecule has 6 nitrogen and oxygen atoms in total. The Labute approximate surface area is 216 Å². The second-order valence-corrected chi connectivity index (χ2v) is 8.86. The lowest BCUT2D eigenvalue weighted by molar-refractivity contribution is -0.140. The molecule has 2 heterocycles. The molecule has 1 aliphatic rings. The van der Waals surface area contributed by atoms with Gasteiger partial charge in [-0.25, -0.2) is 9.37 Å². The molecule has 0 spiro atoms. The molecule has 0 radical (unpaired) electrons. The minimum atomic E-state index is -4.88. The summed E-state index contributed by atoms with van der Waals surface area (Å²) in [4.78, 5) is 22.4. The third-order valence-electron chi connectivity index (χ3n) is 6.34. The van der Waals surface area contributed by atoms with Gasteiger partial charge < -0.3 is 19.9 Å². The van der Waals surface area contributed by atoms with Crippen molar-refractivity contribution in [1.29, 1.82) is 0 Å². The fraction of sp³-hybridized carbons (Fsp3) is 0.214. The number of imidazole rings is 1. The van der Waals surface area contributed by atoms with Crippen LogP contribution in [0.3, 0.4) is 0 Å². The van der Waals surface area contributed by atoms with Gasteiger partial charge in [-0.15, -0.1) is 0 Å². The molecule has 5 rings (SSSR count). The summed E-state index contributed by atoms with van der Waals surface area (Å²) in [5, 5.41) is 2.56. The number of hydrogen-bond acceptors (Lipinski definition) is 4. The number of aromatic nitrogens is 2. The van der Waals surface area contributed by atoms with Gasteiger partial charge in [0.05, 0.1) is 30.7 Å². The van der Waals surface area contributed by atoms with Crippen LogP contribution in [0.1, 0.15) is 21.5 Å². The van der Waals surface area contributed by atoms with Gasteiger partial charge in [0.15, 0.2) is 0 Å². The zero-order chi connectivity index (χ0) is 26.7. The van der Waals surface area contributed by atoms with Crippen molar-refractivity contribution in [1.82, 2.24) is 15.3 Å². The Morgan fingerprint density at radius 2 is 1.66 bits per heavy atom. The Morgan fingerprint density at radius 3 is 2.34 bits per heavy atom. The van der Waals surface area contributed by atoms with E-state index in [9.17, 15) is 22.4 Å². The van der Waals surface area contributed by atoms with Gasteiger partial charge in [-0.3, -0.25) is 4.79 Å². The number of amides is 1. The fourth-order valence-corrected chi connectivity index (χ4v) is 4.24. The number of ether oxygens (including phenoxy) is 1. The topological polar surface area (TPSA) is 70.2 Å². The smallest absolute Gasteiger partial charge is 0.378 e. The van der Waals surface area contributed by atoms with E-state index >= 15 is 0 Å². The second kappa shape index (κ2) is 10.7. The van der Waals surface area contributed by atoms with E-state index in [1.165, 1.54) is 0 Å². The predicted molar refractivity (Wildman–Crippen MR) is 135 cm³/mol. The first kappa shape index (κ1) is 25.5. The van der Waals surface area contributed by atoms with Crippen molar-refractivity contribution < 1.29 is 27.1 Å². The van der Waals surface area contributed by atoms with Gasteiger partial charge in [0.25, 0.3) is 5.91 Å². The molecule has 0 bridgehead atoms. The fourth-order valence-electron chi connectivity index (χ4n) is 4.24. The summed E-state index contributed by atoms with van der Waals surface area (Å²) in [5.41, 5.74) is 2.88. The molecule has 0 saturated carbocycles. The zero-order valence-electron chi connectivity index (χ0n) is 20.2. The number of aromatic amines is 1. The lowest BCUT2D eigenvalue weighted by Gasteiger charge is -2.28. The SMILES string of the molecule is O=C(NCc1ccc(-c2ncc(-c3ccc(N4CCOCC4)cc3)[nH]2)cc1)c1ccc(F)c(C(F)(F)F)c1. The number of halogens is 4. The van der Waals surface area contributed by atoms with E-state index in [0.29, 0.717) is 18.0 Å². The van der Waals surface area contributed by atoms with E-state index in [1.54, 1.807) is 18.3 Å². The molecule has 1 aromatic heterocycles. The number of nitrogens with zero attached hydrogens (tertiary/aromatic N) is 2. The van der Waals surface area contributed by atoms with Crippen molar-refractivity contribution in [2.24, 2.45) is 0 Å². The van der Waals surface area contributed by atoms with Crippen LogP contribution in [0.4, 0.5) is 23.2 Å². The predicted octanol–water partition coefficient (Wildman–Crippen LogP) is 5.67. The van der Waals surface area contributed by atoms with Gasteiger partial charge in [-0.05, 0) is 41.5 Å². The Bertz CT molecular complexity index is 1410. The first-order valence-corrected chi connectivity index (χ1v) is 12.0. The number of alkyl halides is 3. The number of rotatable bonds is 6. The summed E-state index contributed by atoms with van der Waals surface area (Å²) in [6.45, 7) is 3.30. The van der Waals surface area contributed by atoms with Crippen LogP contribution in [-0.4, -0.2) is 42.2 Å². The van der Waals surface area contributed by atoms with Crippen molar-refractivity contribution in [3.8, 4) is 22.6 Å². The summed E-state index contributed by atoms with van der Waals surface area (Å²) in [6.07, 6.45) is -3.11. The maximum Gasteiger partial charge on any atom is 0.419 e. The van der Waals surface area contributed by atoms with Crippen LogP contribution >= 0.6 is 0 Å². The lowest BCUT2D eigenvalue weighted by Crippen LogP contribution is -2.36. The number of benzene rings is 3. The molecule has 1 fully saturated rings. The summed E-state index contributed by atoms with van der Waals surface area (Å²) >= 11 is 0. The molecule has 3 aromatic carbocycles. The van der Waals surface area contributed by atoms with Gasteiger partial charge >= 0.3 is 6.18 Å². The van der Waals surface area contributed by atoms with Crippen LogP contribution < -0.4 is 10.2 Å². The van der Waals surface area contributed by atoms with E-state index in [1.807, 2.05) is 24.3 Å². The van der Waals surface area contributed by atoms with Crippen molar-refractivity contribution >= 4 is 11.6 Å². The largest absolute Gasteiger partial charge is 0.419 e. The molecule has 196 valence electrons. The summed E-state index contributed by atoms with van der Waals surface area (Å²) < 4.78 is 57.6. The van der Waals surface area contributed by atoms with Crippen LogP contribution in [0.5, 0.6) is 0 Å². The third-order valence-corrected chi connectivity index (χ3v) is 6.34. The zero-order valence-corrected chi connectivity index (χ0v) is 20.2. The maximum absolute atomic E-state index is 13.5. The van der Waals surface area contributed by atoms with E-state index in [4.69, 9.17) is 4.74 Å². The number of nitrogens with one attached hydrogen (secondary N) is 2. The van der Waals surface area contributed by atoms with E-state index in [2.05, 4.69) is 32.3 Å². The van der Waals surface area contributed by atoms with E-state index in [0.717, 1.165) is 60.4 Å². The molecule has 0 unspecified atom stereocenters. The summed E-state index contributed by atoms with van der Waals surface area (Å²) in [7, 11) is 0. The number of anilines is 1. The molecule has 2 N–H and O–H groups in total. The van der Waals surface area contributed by atoms with Gasteiger partial charge in [0, 0.05) is 36.4 Å². The highest BCUT2D eigenvalue weighted by molar-refractivity contribution is 5.94. The van der Waals surface area contributed by atoms with Crippen molar-refractivity contribution in [3.05, 3.63) is 95.4 Å². The van der Waals surface area contributed by atoms with Crippen molar-refractivity contribution in [3.63, 3.8) is 0 Å². The van der Waals surface area contributed by atoms with Gasteiger partial charge in [0.1, 0.15) is 11.6 Å². The highest BCUT2D eigenvalue weighted by Crippen LogP contribution is 2.32. The number of hydrogen-bond donors (Lipinski definition) is 2. The molecule has 0 aliphatic carbocycles. The third kappa shape index (κ3) is 5.70. The Kier molecular flexibility index (Phi) is 7.15. The first-order valence-electron chi connectivity index (χ1n) is 12.0. The standard InChI is InChI=1S/C28H24F4N4O2/c29-24-10-7-21(15-23(24)28(30,31)32)27(37)34-16-18-1-3-20(4-2-18)26-33-17-25(35-26)19-5-8-22(9-6-19)36-11-13-38-14-12-36/h1-10,15,17H,11-14,16H2,(H,33,35)(H,34,37). The average molecular weight is 525 g/mol. The molecule has 1 aliphatic heterocycles. The van der Waals surface area contributed by atoms with Crippen LogP contribution in [0.25, 0.3) is 22.6 Å². The molecule has 1 saturated heterocycles. The van der Waals surface area contributed by atoms with Crippen LogP contribution in [0.2, 0.25) is 0 Å². The molecular formula is C28H24F4N4O2. The normalized spacial score (nSPS) is 13.9. The van der Waals surface area contributed by atoms with Crippen LogP contribution in [-0.2, 0) is 17.5 Å². The minimum Gasteiger partial charge on any atom is -0.378 e. The molecule has 1 amide bonds. The first-order chi connectivity index (χ1) is 18.3. The summed E-state index contributed by atoms with van der Waals surface area (Å²) in [5.74, 6) is -1.47. The van der Waals surface area contributed by atoms with Crippen molar-refractivity contribution in [2.75, 3.05) is 31.2 Å².